The van der Waals surface area contributed by atoms with Gasteiger partial charge in [-0.15, -0.1) is 11.3 Å². The second kappa shape index (κ2) is 9.52. The number of aryl methyl sites for hydroxylation is 2. The maximum atomic E-state index is 13.2. The molecule has 0 aliphatic heterocycles. The predicted molar refractivity (Wildman–Crippen MR) is 122 cm³/mol. The fraction of sp³-hybridized carbons (Fsp3) is 0.130. The Bertz CT molecular complexity index is 1240. The third kappa shape index (κ3) is 5.25. The van der Waals surface area contributed by atoms with Crippen molar-refractivity contribution in [2.75, 3.05) is 10.6 Å². The summed E-state index contributed by atoms with van der Waals surface area (Å²) in [5.41, 5.74) is 2.41. The zero-order valence-electron chi connectivity index (χ0n) is 17.2. The van der Waals surface area contributed by atoms with Crippen LogP contribution in [0.25, 0.3) is 11.3 Å². The first-order chi connectivity index (χ1) is 15.5. The van der Waals surface area contributed by atoms with Crippen LogP contribution in [-0.4, -0.2) is 26.3 Å². The number of rotatable bonds is 7. The van der Waals surface area contributed by atoms with Crippen LogP contribution in [0.4, 0.5) is 15.2 Å². The van der Waals surface area contributed by atoms with E-state index in [0.29, 0.717) is 28.6 Å². The number of benzene rings is 2. The quantitative estimate of drug-likeness (QED) is 0.427. The third-order valence-electron chi connectivity index (χ3n) is 4.70. The summed E-state index contributed by atoms with van der Waals surface area (Å²) in [5, 5.41) is 6.05. The number of imidazole rings is 1. The zero-order chi connectivity index (χ0) is 22.5. The van der Waals surface area contributed by atoms with Gasteiger partial charge in [0.1, 0.15) is 5.82 Å². The lowest BCUT2D eigenvalue weighted by Gasteiger charge is -2.08. The predicted octanol–water partition coefficient (Wildman–Crippen LogP) is 4.74. The Morgan fingerprint density at radius 3 is 2.69 bits per heavy atom. The highest BCUT2D eigenvalue weighted by Gasteiger charge is 2.14. The van der Waals surface area contributed by atoms with Gasteiger partial charge >= 0.3 is 0 Å². The largest absolute Gasteiger partial charge is 0.337 e. The van der Waals surface area contributed by atoms with Crippen LogP contribution >= 0.6 is 11.3 Å². The van der Waals surface area contributed by atoms with Crippen molar-refractivity contribution >= 4 is 34.0 Å². The summed E-state index contributed by atoms with van der Waals surface area (Å²) < 4.78 is 15.0. The van der Waals surface area contributed by atoms with E-state index in [1.165, 1.54) is 23.5 Å². The minimum atomic E-state index is -0.334. The molecule has 0 fully saturated rings. The number of hydrogen-bond donors (Lipinski definition) is 2. The standard InChI is InChI=1S/C23H20FN5O2S/c1-15-21(16-5-7-18(24)8-6-16)27-23(32-15)28-22(31)17-3-2-4-19(13-17)26-20(30)9-11-29-12-10-25-14-29/h2-8,10,12-14H,9,11H2,1H3,(H,26,30)(H,27,28,31). The SMILES string of the molecule is Cc1sc(NC(=O)c2cccc(NC(=O)CCn3ccnc3)c2)nc1-c1ccc(F)cc1. The van der Waals surface area contributed by atoms with Gasteiger partial charge in [0.25, 0.3) is 5.91 Å². The molecule has 4 rings (SSSR count). The number of nitrogens with zero attached hydrogens (tertiary/aromatic N) is 3. The van der Waals surface area contributed by atoms with Crippen LogP contribution in [-0.2, 0) is 11.3 Å². The highest BCUT2D eigenvalue weighted by molar-refractivity contribution is 7.16. The van der Waals surface area contributed by atoms with Gasteiger partial charge in [0, 0.05) is 47.1 Å². The fourth-order valence-corrected chi connectivity index (χ4v) is 3.94. The summed E-state index contributed by atoms with van der Waals surface area (Å²) in [6, 6.07) is 12.8. The molecular formula is C23H20FN5O2S. The molecule has 7 nitrogen and oxygen atoms in total. The highest BCUT2D eigenvalue weighted by atomic mass is 32.1. The molecule has 0 radical (unpaired) electrons. The normalized spacial score (nSPS) is 10.7. The Morgan fingerprint density at radius 1 is 1.12 bits per heavy atom. The van der Waals surface area contributed by atoms with Crippen LogP contribution in [0, 0.1) is 12.7 Å². The molecule has 9 heteroatoms. The van der Waals surface area contributed by atoms with Crippen molar-refractivity contribution < 1.29 is 14.0 Å². The van der Waals surface area contributed by atoms with Gasteiger partial charge in [0.05, 0.1) is 12.0 Å². The molecule has 2 heterocycles. The molecule has 162 valence electrons. The number of carbonyl (C=O) groups excluding carboxylic acids is 2. The van der Waals surface area contributed by atoms with E-state index in [1.807, 2.05) is 11.5 Å². The summed E-state index contributed by atoms with van der Waals surface area (Å²) in [6.45, 7) is 2.41. The topological polar surface area (TPSA) is 88.9 Å². The van der Waals surface area contributed by atoms with E-state index >= 15 is 0 Å². The number of thiazole rings is 1. The van der Waals surface area contributed by atoms with E-state index in [-0.39, 0.29) is 24.1 Å². The maximum Gasteiger partial charge on any atom is 0.257 e. The lowest BCUT2D eigenvalue weighted by Crippen LogP contribution is -2.15. The van der Waals surface area contributed by atoms with E-state index < -0.39 is 0 Å². The van der Waals surface area contributed by atoms with Gasteiger partial charge in [0.15, 0.2) is 5.13 Å². The minimum Gasteiger partial charge on any atom is -0.337 e. The lowest BCUT2D eigenvalue weighted by molar-refractivity contribution is -0.116. The average molecular weight is 450 g/mol. The summed E-state index contributed by atoms with van der Waals surface area (Å²) in [4.78, 5) is 34.3. The monoisotopic (exact) mass is 449 g/mol. The molecule has 32 heavy (non-hydrogen) atoms. The van der Waals surface area contributed by atoms with Crippen molar-refractivity contribution in [1.29, 1.82) is 0 Å². The first kappa shape index (κ1) is 21.4. The van der Waals surface area contributed by atoms with E-state index in [0.717, 1.165) is 10.4 Å². The Balaban J connectivity index is 1.40. The van der Waals surface area contributed by atoms with Crippen LogP contribution in [0.3, 0.4) is 0 Å². The van der Waals surface area contributed by atoms with Crippen molar-refractivity contribution in [1.82, 2.24) is 14.5 Å². The Hall–Kier alpha value is -3.85. The van der Waals surface area contributed by atoms with Crippen molar-refractivity contribution in [2.45, 2.75) is 19.9 Å². The van der Waals surface area contributed by atoms with Gasteiger partial charge in [-0.05, 0) is 49.4 Å². The number of halogens is 1. The molecule has 0 spiro atoms. The van der Waals surface area contributed by atoms with Gasteiger partial charge in [-0.25, -0.2) is 14.4 Å². The third-order valence-corrected chi connectivity index (χ3v) is 5.59. The minimum absolute atomic E-state index is 0.157. The number of aromatic nitrogens is 3. The molecule has 2 aromatic carbocycles. The zero-order valence-corrected chi connectivity index (χ0v) is 18.0. The van der Waals surface area contributed by atoms with Gasteiger partial charge in [-0.1, -0.05) is 6.07 Å². The average Bonchev–Trinajstić information content (AvgIpc) is 3.43. The smallest absolute Gasteiger partial charge is 0.257 e. The maximum absolute atomic E-state index is 13.2. The highest BCUT2D eigenvalue weighted by Crippen LogP contribution is 2.30. The first-order valence-electron chi connectivity index (χ1n) is 9.88. The van der Waals surface area contributed by atoms with E-state index in [9.17, 15) is 14.0 Å². The van der Waals surface area contributed by atoms with Gasteiger partial charge in [-0.3, -0.25) is 14.9 Å². The van der Waals surface area contributed by atoms with Crippen LogP contribution in [0.1, 0.15) is 21.7 Å². The molecule has 0 bridgehead atoms. The molecule has 2 amide bonds. The Kier molecular flexibility index (Phi) is 6.37. The Morgan fingerprint density at radius 2 is 1.94 bits per heavy atom. The molecule has 0 aliphatic rings. The first-order valence-corrected chi connectivity index (χ1v) is 10.7. The van der Waals surface area contributed by atoms with Gasteiger partial charge in [0.2, 0.25) is 5.91 Å². The molecular weight excluding hydrogens is 429 g/mol. The van der Waals surface area contributed by atoms with Gasteiger partial charge in [-0.2, -0.15) is 0 Å². The van der Waals surface area contributed by atoms with Crippen LogP contribution in [0.15, 0.2) is 67.3 Å². The van der Waals surface area contributed by atoms with Crippen LogP contribution in [0.5, 0.6) is 0 Å². The summed E-state index contributed by atoms with van der Waals surface area (Å²) in [7, 11) is 0. The molecule has 0 atom stereocenters. The van der Waals surface area contributed by atoms with E-state index in [2.05, 4.69) is 20.6 Å². The van der Waals surface area contributed by atoms with E-state index in [1.54, 1.807) is 55.1 Å². The number of amides is 2. The number of hydrogen-bond acceptors (Lipinski definition) is 5. The molecule has 0 unspecified atom stereocenters. The number of nitrogens with one attached hydrogen (secondary N) is 2. The van der Waals surface area contributed by atoms with E-state index in [4.69, 9.17) is 0 Å². The molecule has 0 aliphatic carbocycles. The number of anilines is 2. The van der Waals surface area contributed by atoms with Crippen molar-refractivity contribution in [3.05, 3.63) is 83.5 Å². The van der Waals surface area contributed by atoms with Crippen LogP contribution in [0.2, 0.25) is 0 Å². The summed E-state index contributed by atoms with van der Waals surface area (Å²) in [5.74, 6) is -0.807. The van der Waals surface area contributed by atoms with Gasteiger partial charge < -0.3 is 9.88 Å². The Labute approximate surface area is 188 Å². The second-order valence-corrected chi connectivity index (χ2v) is 8.27. The lowest BCUT2D eigenvalue weighted by atomic mass is 10.1. The molecule has 0 saturated carbocycles. The number of carbonyl (C=O) groups is 2. The molecule has 2 N–H and O–H groups in total. The summed E-state index contributed by atoms with van der Waals surface area (Å²) >= 11 is 1.34. The van der Waals surface area contributed by atoms with Crippen molar-refractivity contribution in [3.63, 3.8) is 0 Å². The summed E-state index contributed by atoms with van der Waals surface area (Å²) in [6.07, 6.45) is 5.39. The second-order valence-electron chi connectivity index (χ2n) is 7.06. The van der Waals surface area contributed by atoms with Crippen molar-refractivity contribution in [2.24, 2.45) is 0 Å². The van der Waals surface area contributed by atoms with Crippen LogP contribution < -0.4 is 10.6 Å². The van der Waals surface area contributed by atoms with Crippen molar-refractivity contribution in [3.8, 4) is 11.3 Å². The molecule has 0 saturated heterocycles. The molecule has 4 aromatic rings. The molecule has 2 aromatic heterocycles. The fourth-order valence-electron chi connectivity index (χ4n) is 3.11.